The van der Waals surface area contributed by atoms with Gasteiger partial charge in [0.2, 0.25) is 5.95 Å². The van der Waals surface area contributed by atoms with Crippen molar-refractivity contribution in [2.24, 2.45) is 0 Å². The number of hydrogen-bond acceptors (Lipinski definition) is 5. The summed E-state index contributed by atoms with van der Waals surface area (Å²) >= 11 is 6.01. The van der Waals surface area contributed by atoms with E-state index in [1.807, 2.05) is 6.07 Å². The molecule has 0 saturated heterocycles. The van der Waals surface area contributed by atoms with Crippen LogP contribution < -0.4 is 10.6 Å². The van der Waals surface area contributed by atoms with Gasteiger partial charge in [-0.15, -0.1) is 0 Å². The highest BCUT2D eigenvalue weighted by atomic mass is 35.5. The van der Waals surface area contributed by atoms with Crippen LogP contribution in [0.25, 0.3) is 11.2 Å². The van der Waals surface area contributed by atoms with E-state index in [-0.39, 0.29) is 17.0 Å². The van der Waals surface area contributed by atoms with Gasteiger partial charge in [0.05, 0.1) is 11.9 Å². The van der Waals surface area contributed by atoms with E-state index in [1.54, 1.807) is 25.2 Å². The number of imidazole rings is 1. The van der Waals surface area contributed by atoms with Gasteiger partial charge in [-0.05, 0) is 12.1 Å². The summed E-state index contributed by atoms with van der Waals surface area (Å²) in [4.78, 5) is 27.3. The van der Waals surface area contributed by atoms with Gasteiger partial charge in [0.1, 0.15) is 5.52 Å². The van der Waals surface area contributed by atoms with Gasteiger partial charge in [-0.1, -0.05) is 23.7 Å². The molecule has 3 aromatic rings. The number of fused-ring (bicyclic) bond motifs is 1. The SMILES string of the molecule is CNc1ccccc1C(=O)Nc1nc(Cl)c2[nH]cnc2n1. The Balaban J connectivity index is 1.92. The number of benzene rings is 1. The van der Waals surface area contributed by atoms with Crippen LogP contribution in [0.5, 0.6) is 0 Å². The minimum atomic E-state index is -0.328. The molecule has 0 spiro atoms. The Labute approximate surface area is 124 Å². The average Bonchev–Trinajstić information content (AvgIpc) is 2.96. The lowest BCUT2D eigenvalue weighted by atomic mass is 10.1. The van der Waals surface area contributed by atoms with Crippen molar-refractivity contribution in [3.63, 3.8) is 0 Å². The molecule has 0 bridgehead atoms. The van der Waals surface area contributed by atoms with Gasteiger partial charge in [0.25, 0.3) is 5.91 Å². The Kier molecular flexibility index (Phi) is 3.41. The van der Waals surface area contributed by atoms with Crippen molar-refractivity contribution in [2.45, 2.75) is 0 Å². The maximum Gasteiger partial charge on any atom is 0.260 e. The van der Waals surface area contributed by atoms with Crippen molar-refractivity contribution < 1.29 is 4.79 Å². The van der Waals surface area contributed by atoms with E-state index in [2.05, 4.69) is 30.6 Å². The number of halogens is 1. The van der Waals surface area contributed by atoms with Crippen LogP contribution in [0.4, 0.5) is 11.6 Å². The zero-order chi connectivity index (χ0) is 14.8. The molecular formula is C13H11ClN6O. The number of nitrogens with zero attached hydrogens (tertiary/aromatic N) is 3. The third kappa shape index (κ3) is 2.50. The number of nitrogens with one attached hydrogen (secondary N) is 3. The van der Waals surface area contributed by atoms with Gasteiger partial charge >= 0.3 is 0 Å². The first-order chi connectivity index (χ1) is 10.2. The lowest BCUT2D eigenvalue weighted by Gasteiger charge is -2.08. The fourth-order valence-corrected chi connectivity index (χ4v) is 2.14. The van der Waals surface area contributed by atoms with Crippen LogP contribution in [-0.4, -0.2) is 32.9 Å². The van der Waals surface area contributed by atoms with E-state index in [1.165, 1.54) is 6.33 Å². The fraction of sp³-hybridized carbons (Fsp3) is 0.0769. The lowest BCUT2D eigenvalue weighted by molar-refractivity contribution is 0.102. The molecule has 0 aliphatic heterocycles. The number of anilines is 2. The molecule has 106 valence electrons. The van der Waals surface area contributed by atoms with Gasteiger partial charge in [0, 0.05) is 12.7 Å². The van der Waals surface area contributed by atoms with Crippen molar-refractivity contribution >= 4 is 40.3 Å². The van der Waals surface area contributed by atoms with E-state index < -0.39 is 0 Å². The van der Waals surface area contributed by atoms with Crippen LogP contribution in [-0.2, 0) is 0 Å². The maximum absolute atomic E-state index is 12.3. The number of rotatable bonds is 3. The highest BCUT2D eigenvalue weighted by molar-refractivity contribution is 6.33. The van der Waals surface area contributed by atoms with Crippen molar-refractivity contribution in [1.29, 1.82) is 0 Å². The molecule has 0 unspecified atom stereocenters. The predicted octanol–water partition coefficient (Wildman–Crippen LogP) is 2.30. The summed E-state index contributed by atoms with van der Waals surface area (Å²) in [6.07, 6.45) is 1.47. The van der Waals surface area contributed by atoms with Gasteiger partial charge in [-0.3, -0.25) is 10.1 Å². The zero-order valence-electron chi connectivity index (χ0n) is 11.0. The van der Waals surface area contributed by atoms with E-state index >= 15 is 0 Å². The molecule has 0 atom stereocenters. The van der Waals surface area contributed by atoms with Crippen LogP contribution in [0, 0.1) is 0 Å². The van der Waals surface area contributed by atoms with Crippen molar-refractivity contribution in [2.75, 3.05) is 17.7 Å². The van der Waals surface area contributed by atoms with Gasteiger partial charge in [0.15, 0.2) is 10.8 Å². The average molecular weight is 303 g/mol. The Morgan fingerprint density at radius 2 is 2.10 bits per heavy atom. The quantitative estimate of drug-likeness (QED) is 0.645. The van der Waals surface area contributed by atoms with Gasteiger partial charge in [-0.25, -0.2) is 4.98 Å². The summed E-state index contributed by atoms with van der Waals surface area (Å²) in [6.45, 7) is 0. The van der Waals surface area contributed by atoms with Crippen LogP contribution >= 0.6 is 11.6 Å². The van der Waals surface area contributed by atoms with Crippen LogP contribution in [0.2, 0.25) is 5.15 Å². The smallest absolute Gasteiger partial charge is 0.260 e. The Hall–Kier alpha value is -2.67. The Morgan fingerprint density at radius 3 is 2.90 bits per heavy atom. The number of para-hydroxylation sites is 1. The molecule has 7 nitrogen and oxygen atoms in total. The lowest BCUT2D eigenvalue weighted by Crippen LogP contribution is -2.16. The first kappa shape index (κ1) is 13.3. The summed E-state index contributed by atoms with van der Waals surface area (Å²) in [6, 6.07) is 7.13. The molecule has 0 aliphatic carbocycles. The van der Waals surface area contributed by atoms with Gasteiger partial charge < -0.3 is 10.3 Å². The highest BCUT2D eigenvalue weighted by Gasteiger charge is 2.14. The number of carbonyl (C=O) groups is 1. The molecule has 3 rings (SSSR count). The Bertz CT molecular complexity index is 815. The van der Waals surface area contributed by atoms with Gasteiger partial charge in [-0.2, -0.15) is 9.97 Å². The van der Waals surface area contributed by atoms with Crippen LogP contribution in [0.1, 0.15) is 10.4 Å². The molecule has 0 radical (unpaired) electrons. The fourth-order valence-electron chi connectivity index (χ4n) is 1.92. The molecule has 2 heterocycles. The molecule has 0 saturated carbocycles. The Morgan fingerprint density at radius 1 is 1.29 bits per heavy atom. The molecule has 1 amide bonds. The molecule has 21 heavy (non-hydrogen) atoms. The minimum absolute atomic E-state index is 0.107. The number of aromatic amines is 1. The molecule has 8 heteroatoms. The second-order valence-corrected chi connectivity index (χ2v) is 4.55. The summed E-state index contributed by atoms with van der Waals surface area (Å²) < 4.78 is 0. The van der Waals surface area contributed by atoms with E-state index in [0.717, 1.165) is 0 Å². The molecule has 1 aromatic carbocycles. The maximum atomic E-state index is 12.3. The molecule has 0 aliphatic rings. The predicted molar refractivity (Wildman–Crippen MR) is 80.6 cm³/mol. The summed E-state index contributed by atoms with van der Waals surface area (Å²) in [5.74, 6) is -0.221. The summed E-state index contributed by atoms with van der Waals surface area (Å²) in [7, 11) is 1.75. The molecule has 2 aromatic heterocycles. The first-order valence-electron chi connectivity index (χ1n) is 6.14. The van der Waals surface area contributed by atoms with E-state index in [4.69, 9.17) is 11.6 Å². The summed E-state index contributed by atoms with van der Waals surface area (Å²) in [5, 5.41) is 5.77. The normalized spacial score (nSPS) is 10.6. The monoisotopic (exact) mass is 302 g/mol. The minimum Gasteiger partial charge on any atom is -0.387 e. The van der Waals surface area contributed by atoms with E-state index in [0.29, 0.717) is 22.4 Å². The number of carbonyl (C=O) groups excluding carboxylic acids is 1. The highest BCUT2D eigenvalue weighted by Crippen LogP contribution is 2.20. The van der Waals surface area contributed by atoms with Crippen molar-refractivity contribution in [1.82, 2.24) is 19.9 Å². The van der Waals surface area contributed by atoms with Crippen molar-refractivity contribution in [3.05, 3.63) is 41.3 Å². The van der Waals surface area contributed by atoms with Crippen molar-refractivity contribution in [3.8, 4) is 0 Å². The molecule has 0 fully saturated rings. The largest absolute Gasteiger partial charge is 0.387 e. The second kappa shape index (κ2) is 5.37. The number of amides is 1. The zero-order valence-corrected chi connectivity index (χ0v) is 11.8. The molecule has 3 N–H and O–H groups in total. The van der Waals surface area contributed by atoms with Crippen LogP contribution in [0.3, 0.4) is 0 Å². The summed E-state index contributed by atoms with van der Waals surface area (Å²) in [5.41, 5.74) is 2.13. The number of H-pyrrole nitrogens is 1. The molecular weight excluding hydrogens is 292 g/mol. The number of aromatic nitrogens is 4. The number of hydrogen-bond donors (Lipinski definition) is 3. The van der Waals surface area contributed by atoms with E-state index in [9.17, 15) is 4.79 Å². The topological polar surface area (TPSA) is 95.6 Å². The first-order valence-corrected chi connectivity index (χ1v) is 6.51. The second-order valence-electron chi connectivity index (χ2n) is 4.19. The standard InChI is InChI=1S/C13H11ClN6O/c1-15-8-5-3-2-4-7(8)12(21)20-13-18-10(14)9-11(19-13)17-6-16-9/h2-6,15H,1H3,(H2,16,17,18,19,20,21). The third-order valence-corrected chi connectivity index (χ3v) is 3.18. The van der Waals surface area contributed by atoms with Crippen LogP contribution in [0.15, 0.2) is 30.6 Å². The third-order valence-electron chi connectivity index (χ3n) is 2.91.